The summed E-state index contributed by atoms with van der Waals surface area (Å²) in [6, 6.07) is 4.93. The van der Waals surface area contributed by atoms with Gasteiger partial charge in [-0.25, -0.2) is 0 Å². The number of carbonyl (C=O) groups excluding carboxylic acids is 1. The van der Waals surface area contributed by atoms with E-state index in [2.05, 4.69) is 5.32 Å². The first kappa shape index (κ1) is 12.9. The van der Waals surface area contributed by atoms with Gasteiger partial charge in [0.15, 0.2) is 0 Å². The highest BCUT2D eigenvalue weighted by atomic mass is 16.6. The zero-order chi connectivity index (χ0) is 12.8. The Bertz CT molecular complexity index is 467. The fraction of sp³-hybridized carbons (Fsp3) is 0.250. The van der Waals surface area contributed by atoms with Crippen LogP contribution >= 0.6 is 0 Å². The largest absolute Gasteiger partial charge is 0.353 e. The number of carbonyl (C=O) groups is 1. The molecule has 0 bridgehead atoms. The summed E-state index contributed by atoms with van der Waals surface area (Å²) in [6.45, 7) is 3.59. The van der Waals surface area contributed by atoms with Crippen LogP contribution in [0, 0.1) is 17.0 Å². The maximum Gasteiger partial charge on any atom is 0.276 e. The number of nitro groups is 1. The van der Waals surface area contributed by atoms with Gasteiger partial charge in [-0.15, -0.1) is 0 Å². The van der Waals surface area contributed by atoms with Gasteiger partial charge in [0, 0.05) is 19.5 Å². The molecule has 0 atom stereocenters. The molecule has 1 amide bonds. The van der Waals surface area contributed by atoms with Gasteiger partial charge in [-0.3, -0.25) is 14.9 Å². The maximum absolute atomic E-state index is 10.8. The molecular formula is C12H14N2O3. The smallest absolute Gasteiger partial charge is 0.276 e. The Morgan fingerprint density at radius 1 is 1.53 bits per heavy atom. The number of hydrogen-bond donors (Lipinski definition) is 1. The van der Waals surface area contributed by atoms with Crippen LogP contribution in [-0.4, -0.2) is 17.4 Å². The molecule has 5 heteroatoms. The van der Waals surface area contributed by atoms with Crippen molar-refractivity contribution in [3.8, 4) is 0 Å². The lowest BCUT2D eigenvalue weighted by molar-refractivity contribution is -0.385. The lowest BCUT2D eigenvalue weighted by Crippen LogP contribution is -2.19. The fourth-order valence-electron chi connectivity index (χ4n) is 1.42. The third kappa shape index (κ3) is 3.71. The van der Waals surface area contributed by atoms with Crippen molar-refractivity contribution in [1.82, 2.24) is 5.32 Å². The van der Waals surface area contributed by atoms with E-state index < -0.39 is 4.92 Å². The van der Waals surface area contributed by atoms with E-state index >= 15 is 0 Å². The SMILES string of the molecule is CC(=O)NCC=Cc1c(C)cccc1[N+](=O)[O-]. The molecule has 1 N–H and O–H groups in total. The van der Waals surface area contributed by atoms with E-state index in [-0.39, 0.29) is 11.6 Å². The Balaban J connectivity index is 2.89. The normalized spacial score (nSPS) is 10.5. The van der Waals surface area contributed by atoms with E-state index in [0.717, 1.165) is 5.56 Å². The van der Waals surface area contributed by atoms with E-state index in [1.54, 1.807) is 18.2 Å². The lowest BCUT2D eigenvalue weighted by atomic mass is 10.1. The second-order valence-electron chi connectivity index (χ2n) is 3.60. The van der Waals surface area contributed by atoms with Gasteiger partial charge in [-0.2, -0.15) is 0 Å². The summed E-state index contributed by atoms with van der Waals surface area (Å²) in [4.78, 5) is 21.0. The van der Waals surface area contributed by atoms with Gasteiger partial charge in [0.1, 0.15) is 0 Å². The Labute approximate surface area is 99.3 Å². The topological polar surface area (TPSA) is 72.2 Å². The first-order valence-corrected chi connectivity index (χ1v) is 5.17. The Morgan fingerprint density at radius 2 is 2.24 bits per heavy atom. The van der Waals surface area contributed by atoms with Gasteiger partial charge in [-0.1, -0.05) is 24.3 Å². The number of nitro benzene ring substituents is 1. The van der Waals surface area contributed by atoms with Crippen molar-refractivity contribution in [2.45, 2.75) is 13.8 Å². The number of rotatable bonds is 4. The standard InChI is InChI=1S/C12H14N2O3/c1-9-5-3-7-12(14(16)17)11(9)6-4-8-13-10(2)15/h3-7H,8H2,1-2H3,(H,13,15). The number of nitrogens with one attached hydrogen (secondary N) is 1. The van der Waals surface area contributed by atoms with Gasteiger partial charge in [0.05, 0.1) is 10.5 Å². The number of aryl methyl sites for hydroxylation is 1. The predicted octanol–water partition coefficient (Wildman–Crippen LogP) is 2.05. The quantitative estimate of drug-likeness (QED) is 0.640. The van der Waals surface area contributed by atoms with Crippen molar-refractivity contribution < 1.29 is 9.72 Å². The summed E-state index contributed by atoms with van der Waals surface area (Å²) in [5.41, 5.74) is 1.48. The highest BCUT2D eigenvalue weighted by Crippen LogP contribution is 2.22. The molecule has 0 aliphatic heterocycles. The van der Waals surface area contributed by atoms with E-state index in [1.807, 2.05) is 13.0 Å². The molecule has 0 aromatic heterocycles. The van der Waals surface area contributed by atoms with Gasteiger partial charge in [-0.05, 0) is 12.5 Å². The van der Waals surface area contributed by atoms with Crippen molar-refractivity contribution in [2.75, 3.05) is 6.54 Å². The average Bonchev–Trinajstić information content (AvgIpc) is 2.25. The van der Waals surface area contributed by atoms with Gasteiger partial charge in [0.2, 0.25) is 5.91 Å². The number of nitrogens with zero attached hydrogens (tertiary/aromatic N) is 1. The molecule has 0 aliphatic rings. The van der Waals surface area contributed by atoms with E-state index in [0.29, 0.717) is 12.1 Å². The molecule has 5 nitrogen and oxygen atoms in total. The zero-order valence-electron chi connectivity index (χ0n) is 9.77. The number of hydrogen-bond acceptors (Lipinski definition) is 3. The van der Waals surface area contributed by atoms with Crippen LogP contribution in [0.15, 0.2) is 24.3 Å². The van der Waals surface area contributed by atoms with Crippen molar-refractivity contribution in [2.24, 2.45) is 0 Å². The van der Waals surface area contributed by atoms with Crippen molar-refractivity contribution in [3.63, 3.8) is 0 Å². The summed E-state index contributed by atoms with van der Waals surface area (Å²) < 4.78 is 0. The molecule has 90 valence electrons. The molecule has 17 heavy (non-hydrogen) atoms. The molecule has 1 rings (SSSR count). The van der Waals surface area contributed by atoms with Crippen LogP contribution in [0.2, 0.25) is 0 Å². The summed E-state index contributed by atoms with van der Waals surface area (Å²) in [6.07, 6.45) is 3.35. The average molecular weight is 234 g/mol. The molecule has 1 aromatic carbocycles. The molecule has 0 unspecified atom stereocenters. The van der Waals surface area contributed by atoms with Crippen molar-refractivity contribution >= 4 is 17.7 Å². The first-order chi connectivity index (χ1) is 8.02. The van der Waals surface area contributed by atoms with Gasteiger partial charge >= 0.3 is 0 Å². The summed E-state index contributed by atoms with van der Waals surface area (Å²) in [5, 5.41) is 13.4. The van der Waals surface area contributed by atoms with Crippen LogP contribution in [0.3, 0.4) is 0 Å². The Kier molecular flexibility index (Phi) is 4.39. The fourth-order valence-corrected chi connectivity index (χ4v) is 1.42. The number of amides is 1. The summed E-state index contributed by atoms with van der Waals surface area (Å²) in [7, 11) is 0. The first-order valence-electron chi connectivity index (χ1n) is 5.17. The second kappa shape index (κ2) is 5.79. The van der Waals surface area contributed by atoms with Crippen molar-refractivity contribution in [3.05, 3.63) is 45.5 Å². The van der Waals surface area contributed by atoms with Crippen LogP contribution in [0.25, 0.3) is 6.08 Å². The minimum absolute atomic E-state index is 0.0732. The Hall–Kier alpha value is -2.17. The summed E-state index contributed by atoms with van der Waals surface area (Å²) >= 11 is 0. The van der Waals surface area contributed by atoms with Crippen LogP contribution in [-0.2, 0) is 4.79 Å². The molecule has 0 fully saturated rings. The third-order valence-corrected chi connectivity index (χ3v) is 2.25. The van der Waals surface area contributed by atoms with E-state index in [9.17, 15) is 14.9 Å². The van der Waals surface area contributed by atoms with Crippen LogP contribution < -0.4 is 5.32 Å². The molecule has 0 spiro atoms. The van der Waals surface area contributed by atoms with Crippen LogP contribution in [0.4, 0.5) is 5.69 Å². The van der Waals surface area contributed by atoms with Crippen molar-refractivity contribution in [1.29, 1.82) is 0 Å². The monoisotopic (exact) mass is 234 g/mol. The molecule has 0 aliphatic carbocycles. The second-order valence-corrected chi connectivity index (χ2v) is 3.60. The van der Waals surface area contributed by atoms with E-state index in [4.69, 9.17) is 0 Å². The highest BCUT2D eigenvalue weighted by Gasteiger charge is 2.12. The molecular weight excluding hydrogens is 220 g/mol. The van der Waals surface area contributed by atoms with Crippen LogP contribution in [0.1, 0.15) is 18.1 Å². The molecule has 0 saturated carbocycles. The molecule has 0 heterocycles. The van der Waals surface area contributed by atoms with Gasteiger partial charge < -0.3 is 5.32 Å². The zero-order valence-corrected chi connectivity index (χ0v) is 9.77. The lowest BCUT2D eigenvalue weighted by Gasteiger charge is -2.01. The third-order valence-electron chi connectivity index (χ3n) is 2.25. The molecule has 0 radical (unpaired) electrons. The molecule has 1 aromatic rings. The van der Waals surface area contributed by atoms with Gasteiger partial charge in [0.25, 0.3) is 5.69 Å². The Morgan fingerprint density at radius 3 is 2.82 bits per heavy atom. The minimum Gasteiger partial charge on any atom is -0.353 e. The molecule has 0 saturated heterocycles. The highest BCUT2D eigenvalue weighted by molar-refractivity contribution is 5.73. The summed E-state index contributed by atoms with van der Waals surface area (Å²) in [5.74, 6) is -0.131. The minimum atomic E-state index is -0.412. The predicted molar refractivity (Wildman–Crippen MR) is 65.6 cm³/mol. The van der Waals surface area contributed by atoms with Crippen LogP contribution in [0.5, 0.6) is 0 Å². The van der Waals surface area contributed by atoms with E-state index in [1.165, 1.54) is 13.0 Å². The maximum atomic E-state index is 10.8. The number of benzene rings is 1.